The Kier molecular flexibility index (Phi) is 6.28. The quantitative estimate of drug-likeness (QED) is 0.221. The van der Waals surface area contributed by atoms with Crippen LogP contribution in [0.2, 0.25) is 0 Å². The van der Waals surface area contributed by atoms with Crippen LogP contribution in [0.4, 0.5) is 0 Å². The summed E-state index contributed by atoms with van der Waals surface area (Å²) in [5, 5.41) is 4.88. The highest BCUT2D eigenvalue weighted by molar-refractivity contribution is 9.10. The molecule has 1 aromatic heterocycles. The molecule has 0 radical (unpaired) electrons. The van der Waals surface area contributed by atoms with Crippen molar-refractivity contribution in [2.45, 2.75) is 20.3 Å². The summed E-state index contributed by atoms with van der Waals surface area (Å²) < 4.78 is 7.69. The van der Waals surface area contributed by atoms with Crippen molar-refractivity contribution in [3.8, 4) is 5.75 Å². The summed E-state index contributed by atoms with van der Waals surface area (Å²) in [5.41, 5.74) is 2.43. The average molecular weight is 490 g/mol. The van der Waals surface area contributed by atoms with Crippen molar-refractivity contribution in [3.63, 3.8) is 0 Å². The maximum absolute atomic E-state index is 13.0. The molecular formula is C25H20BrN3O3. The summed E-state index contributed by atoms with van der Waals surface area (Å²) in [4.78, 5) is 30.1. The fraction of sp³-hybridized carbons (Fsp3) is 0.120. The molecule has 0 N–H and O–H groups in total. The molecule has 3 aromatic carbocycles. The third kappa shape index (κ3) is 4.53. The van der Waals surface area contributed by atoms with E-state index >= 15 is 0 Å². The van der Waals surface area contributed by atoms with Gasteiger partial charge in [0.1, 0.15) is 11.6 Å². The normalized spacial score (nSPS) is 11.2. The smallest absolute Gasteiger partial charge is 0.343 e. The number of rotatable bonds is 5. The standard InChI is InChI=1S/C25H20BrN3O3/c1-3-23-28-21-7-5-4-6-20(21)24(30)29(23)27-15-18-14-19(26)12-13-22(18)32-25(31)17-10-8-16(2)9-11-17/h4-15H,3H2,1-2H3. The predicted molar refractivity (Wildman–Crippen MR) is 129 cm³/mol. The van der Waals surface area contributed by atoms with Gasteiger partial charge in [0.15, 0.2) is 0 Å². The van der Waals surface area contributed by atoms with Crippen LogP contribution in [0.1, 0.15) is 34.2 Å². The average Bonchev–Trinajstić information content (AvgIpc) is 2.80. The molecule has 0 aliphatic carbocycles. The molecule has 32 heavy (non-hydrogen) atoms. The summed E-state index contributed by atoms with van der Waals surface area (Å²) in [6, 6.07) is 19.5. The van der Waals surface area contributed by atoms with Gasteiger partial charge in [-0.15, -0.1) is 0 Å². The molecule has 0 bridgehead atoms. The predicted octanol–water partition coefficient (Wildman–Crippen LogP) is 5.13. The highest BCUT2D eigenvalue weighted by Crippen LogP contribution is 2.23. The molecule has 4 aromatic rings. The molecule has 0 aliphatic rings. The Morgan fingerprint density at radius 2 is 1.88 bits per heavy atom. The van der Waals surface area contributed by atoms with Crippen LogP contribution in [-0.2, 0) is 6.42 Å². The first-order valence-corrected chi connectivity index (χ1v) is 10.9. The van der Waals surface area contributed by atoms with E-state index in [0.717, 1.165) is 10.0 Å². The third-order valence-corrected chi connectivity index (χ3v) is 5.40. The first kappa shape index (κ1) is 21.6. The maximum Gasteiger partial charge on any atom is 0.343 e. The minimum Gasteiger partial charge on any atom is -0.422 e. The molecule has 7 heteroatoms. The van der Waals surface area contributed by atoms with Gasteiger partial charge in [-0.3, -0.25) is 4.79 Å². The number of para-hydroxylation sites is 1. The summed E-state index contributed by atoms with van der Waals surface area (Å²) >= 11 is 3.43. The van der Waals surface area contributed by atoms with Crippen molar-refractivity contribution in [2.24, 2.45) is 5.10 Å². The Morgan fingerprint density at radius 3 is 2.62 bits per heavy atom. The molecular weight excluding hydrogens is 470 g/mol. The van der Waals surface area contributed by atoms with E-state index in [1.807, 2.05) is 32.0 Å². The molecule has 0 unspecified atom stereocenters. The number of hydrogen-bond acceptors (Lipinski definition) is 5. The van der Waals surface area contributed by atoms with Gasteiger partial charge in [-0.05, 0) is 49.4 Å². The molecule has 0 atom stereocenters. The van der Waals surface area contributed by atoms with Crippen LogP contribution in [0.5, 0.6) is 5.75 Å². The van der Waals surface area contributed by atoms with E-state index in [2.05, 4.69) is 26.0 Å². The molecule has 0 aliphatic heterocycles. The number of hydrogen-bond donors (Lipinski definition) is 0. The molecule has 4 rings (SSSR count). The van der Waals surface area contributed by atoms with E-state index in [1.165, 1.54) is 10.9 Å². The Bertz CT molecular complexity index is 1390. The number of esters is 1. The zero-order valence-corrected chi connectivity index (χ0v) is 19.2. The van der Waals surface area contributed by atoms with Gasteiger partial charge in [-0.1, -0.05) is 52.7 Å². The molecule has 0 amide bonds. The van der Waals surface area contributed by atoms with Crippen LogP contribution in [-0.4, -0.2) is 21.8 Å². The van der Waals surface area contributed by atoms with E-state index in [0.29, 0.717) is 40.0 Å². The molecule has 160 valence electrons. The number of aryl methyl sites for hydroxylation is 2. The fourth-order valence-corrected chi connectivity index (χ4v) is 3.58. The monoisotopic (exact) mass is 489 g/mol. The highest BCUT2D eigenvalue weighted by Gasteiger charge is 2.13. The molecule has 6 nitrogen and oxygen atoms in total. The van der Waals surface area contributed by atoms with Crippen LogP contribution in [0.25, 0.3) is 10.9 Å². The van der Waals surface area contributed by atoms with Gasteiger partial charge in [0, 0.05) is 16.5 Å². The summed E-state index contributed by atoms with van der Waals surface area (Å²) in [6.45, 7) is 3.86. The summed E-state index contributed by atoms with van der Waals surface area (Å²) in [7, 11) is 0. The SMILES string of the molecule is CCc1nc2ccccc2c(=O)n1N=Cc1cc(Br)ccc1OC(=O)c1ccc(C)cc1. The van der Waals surface area contributed by atoms with Gasteiger partial charge in [0.25, 0.3) is 5.56 Å². The molecule has 0 saturated heterocycles. The van der Waals surface area contributed by atoms with Gasteiger partial charge in [-0.2, -0.15) is 9.78 Å². The summed E-state index contributed by atoms with van der Waals surface area (Å²) in [6.07, 6.45) is 2.03. The minimum atomic E-state index is -0.472. The van der Waals surface area contributed by atoms with Gasteiger partial charge in [0.05, 0.1) is 22.7 Å². The van der Waals surface area contributed by atoms with Crippen molar-refractivity contribution in [2.75, 3.05) is 0 Å². The highest BCUT2D eigenvalue weighted by atomic mass is 79.9. The zero-order chi connectivity index (χ0) is 22.7. The lowest BCUT2D eigenvalue weighted by Crippen LogP contribution is -2.22. The Morgan fingerprint density at radius 1 is 1.12 bits per heavy atom. The summed E-state index contributed by atoms with van der Waals surface area (Å²) in [5.74, 6) is 0.404. The van der Waals surface area contributed by atoms with Crippen LogP contribution in [0, 0.1) is 6.92 Å². The number of fused-ring (bicyclic) bond motifs is 1. The van der Waals surface area contributed by atoms with Crippen molar-refractivity contribution >= 4 is 39.0 Å². The fourth-order valence-electron chi connectivity index (χ4n) is 3.20. The van der Waals surface area contributed by atoms with Crippen LogP contribution in [0.15, 0.2) is 81.1 Å². The third-order valence-electron chi connectivity index (χ3n) is 4.91. The van der Waals surface area contributed by atoms with Crippen molar-refractivity contribution in [1.82, 2.24) is 9.66 Å². The largest absolute Gasteiger partial charge is 0.422 e. The topological polar surface area (TPSA) is 73.6 Å². The van der Waals surface area contributed by atoms with Gasteiger partial charge < -0.3 is 4.74 Å². The minimum absolute atomic E-state index is 0.253. The Labute approximate surface area is 193 Å². The van der Waals surface area contributed by atoms with Gasteiger partial charge >= 0.3 is 5.97 Å². The molecule has 0 spiro atoms. The number of carbonyl (C=O) groups is 1. The van der Waals surface area contributed by atoms with Gasteiger partial charge in [-0.25, -0.2) is 9.78 Å². The number of halogens is 1. The van der Waals surface area contributed by atoms with Crippen LogP contribution < -0.4 is 10.3 Å². The maximum atomic E-state index is 13.0. The number of benzene rings is 3. The van der Waals surface area contributed by atoms with Crippen LogP contribution in [0.3, 0.4) is 0 Å². The van der Waals surface area contributed by atoms with Crippen molar-refractivity contribution in [3.05, 3.63) is 104 Å². The van der Waals surface area contributed by atoms with Crippen molar-refractivity contribution < 1.29 is 9.53 Å². The lowest BCUT2D eigenvalue weighted by atomic mass is 10.1. The number of nitrogens with zero attached hydrogens (tertiary/aromatic N) is 3. The molecule has 0 saturated carbocycles. The first-order valence-electron chi connectivity index (χ1n) is 10.1. The van der Waals surface area contributed by atoms with E-state index in [1.54, 1.807) is 48.5 Å². The van der Waals surface area contributed by atoms with Gasteiger partial charge in [0.2, 0.25) is 0 Å². The van der Waals surface area contributed by atoms with E-state index < -0.39 is 5.97 Å². The van der Waals surface area contributed by atoms with Crippen molar-refractivity contribution in [1.29, 1.82) is 0 Å². The Hall–Kier alpha value is -3.58. The number of ether oxygens (including phenoxy) is 1. The molecule has 1 heterocycles. The van der Waals surface area contributed by atoms with Crippen LogP contribution >= 0.6 is 15.9 Å². The second-order valence-corrected chi connectivity index (χ2v) is 8.11. The second kappa shape index (κ2) is 9.28. The first-order chi connectivity index (χ1) is 15.5. The lowest BCUT2D eigenvalue weighted by Gasteiger charge is -2.10. The van der Waals surface area contributed by atoms with E-state index in [4.69, 9.17) is 4.74 Å². The molecule has 0 fully saturated rings. The zero-order valence-electron chi connectivity index (χ0n) is 17.6. The lowest BCUT2D eigenvalue weighted by molar-refractivity contribution is 0.0734. The van der Waals surface area contributed by atoms with E-state index in [9.17, 15) is 9.59 Å². The number of aromatic nitrogens is 2. The van der Waals surface area contributed by atoms with E-state index in [-0.39, 0.29) is 5.56 Å². The second-order valence-electron chi connectivity index (χ2n) is 7.20. The number of carbonyl (C=O) groups excluding carboxylic acids is 1. The Balaban J connectivity index is 1.71.